The van der Waals surface area contributed by atoms with Gasteiger partial charge in [-0.05, 0) is 31.0 Å². The van der Waals surface area contributed by atoms with Gasteiger partial charge in [0.05, 0.1) is 24.4 Å². The van der Waals surface area contributed by atoms with Crippen molar-refractivity contribution in [1.82, 2.24) is 14.9 Å². The van der Waals surface area contributed by atoms with E-state index >= 15 is 0 Å². The van der Waals surface area contributed by atoms with Gasteiger partial charge in [-0.3, -0.25) is 4.90 Å². The Labute approximate surface area is 197 Å². The molecule has 0 unspecified atom stereocenters. The summed E-state index contributed by atoms with van der Waals surface area (Å²) in [5.41, 5.74) is 0.443. The van der Waals surface area contributed by atoms with Crippen LogP contribution in [0.25, 0.3) is 10.9 Å². The van der Waals surface area contributed by atoms with Crippen LogP contribution in [0.1, 0.15) is 12.8 Å². The van der Waals surface area contributed by atoms with Crippen LogP contribution in [0.4, 0.5) is 29.1 Å². The number of nitrogens with zero attached hydrogens (tertiary/aromatic N) is 3. The van der Waals surface area contributed by atoms with Gasteiger partial charge in [-0.1, -0.05) is 11.6 Å². The lowest BCUT2D eigenvalue weighted by Crippen LogP contribution is -2.39. The quantitative estimate of drug-likeness (QED) is 0.330. The third-order valence-corrected chi connectivity index (χ3v) is 5.79. The highest BCUT2D eigenvalue weighted by molar-refractivity contribution is 6.31. The first-order valence-electron chi connectivity index (χ1n) is 10.4. The average molecular weight is 501 g/mol. The van der Waals surface area contributed by atoms with Gasteiger partial charge >= 0.3 is 6.61 Å². The van der Waals surface area contributed by atoms with Crippen LogP contribution in [0, 0.1) is 11.6 Å². The fraction of sp³-hybridized carbons (Fsp3) is 0.364. The van der Waals surface area contributed by atoms with Crippen LogP contribution in [0.5, 0.6) is 11.5 Å². The zero-order chi connectivity index (χ0) is 24.2. The molecule has 0 amide bonds. The number of hydrogen-bond acceptors (Lipinski definition) is 7. The number of alkyl halides is 2. The van der Waals surface area contributed by atoms with E-state index < -0.39 is 29.4 Å². The molecule has 182 valence electrons. The minimum Gasteiger partial charge on any atom is -0.493 e. The second kappa shape index (κ2) is 10.6. The molecule has 0 atom stereocenters. The fourth-order valence-corrected chi connectivity index (χ4v) is 3.83. The molecule has 0 saturated carbocycles. The van der Waals surface area contributed by atoms with E-state index in [0.29, 0.717) is 48.3 Å². The van der Waals surface area contributed by atoms with Crippen molar-refractivity contribution in [3.63, 3.8) is 0 Å². The first-order chi connectivity index (χ1) is 16.4. The van der Waals surface area contributed by atoms with Gasteiger partial charge in [0.15, 0.2) is 17.3 Å². The van der Waals surface area contributed by atoms with E-state index in [1.807, 2.05) is 4.90 Å². The predicted molar refractivity (Wildman–Crippen MR) is 118 cm³/mol. The van der Waals surface area contributed by atoms with Crippen LogP contribution in [0.15, 0.2) is 30.6 Å². The molecule has 34 heavy (non-hydrogen) atoms. The molecule has 7 nitrogen and oxygen atoms in total. The molecular weight excluding hydrogens is 480 g/mol. The number of aromatic nitrogens is 2. The highest BCUT2D eigenvalue weighted by Gasteiger charge is 2.23. The van der Waals surface area contributed by atoms with Gasteiger partial charge in [-0.2, -0.15) is 8.78 Å². The number of piperidine rings is 1. The number of ether oxygens (including phenoxy) is 3. The number of fused-ring (bicyclic) bond motifs is 1. The van der Waals surface area contributed by atoms with Crippen molar-refractivity contribution in [2.45, 2.75) is 25.6 Å². The maximum Gasteiger partial charge on any atom is 0.345 e. The molecule has 2 aromatic carbocycles. The van der Waals surface area contributed by atoms with Crippen LogP contribution in [-0.4, -0.2) is 54.5 Å². The number of halogens is 5. The molecule has 1 saturated heterocycles. The largest absolute Gasteiger partial charge is 0.493 e. The van der Waals surface area contributed by atoms with E-state index in [1.165, 1.54) is 19.5 Å². The van der Waals surface area contributed by atoms with Crippen molar-refractivity contribution in [3.8, 4) is 11.5 Å². The van der Waals surface area contributed by atoms with Gasteiger partial charge < -0.3 is 19.5 Å². The second-order valence-electron chi connectivity index (χ2n) is 7.58. The summed E-state index contributed by atoms with van der Waals surface area (Å²) in [6.07, 6.45) is 1.75. The van der Waals surface area contributed by atoms with Crippen molar-refractivity contribution in [1.29, 1.82) is 0 Å². The molecule has 4 rings (SSSR count). The van der Waals surface area contributed by atoms with Gasteiger partial charge in [0.2, 0.25) is 0 Å². The standard InChI is InChI=1S/C22H21ClF4N4O3/c1-32-17-9-16-13(8-18(17)33-11-31-6-4-12(5-7-31)34-22(26)27)21(29-10-28-16)30-15-3-2-14(24)19(23)20(15)25/h2-3,8-10,12,22H,4-7,11H2,1H3,(H,28,29,30). The molecule has 0 radical (unpaired) electrons. The Hall–Kier alpha value is -2.89. The van der Waals surface area contributed by atoms with Crippen molar-refractivity contribution in [2.75, 3.05) is 32.2 Å². The molecule has 1 fully saturated rings. The molecule has 1 aliphatic heterocycles. The second-order valence-corrected chi connectivity index (χ2v) is 7.96. The average Bonchev–Trinajstić information content (AvgIpc) is 2.83. The Morgan fingerprint density at radius 2 is 1.91 bits per heavy atom. The topological polar surface area (TPSA) is 68.7 Å². The predicted octanol–water partition coefficient (Wildman–Crippen LogP) is 5.35. The van der Waals surface area contributed by atoms with E-state index in [9.17, 15) is 17.6 Å². The van der Waals surface area contributed by atoms with E-state index in [2.05, 4.69) is 20.0 Å². The summed E-state index contributed by atoms with van der Waals surface area (Å²) in [5.74, 6) is -0.760. The summed E-state index contributed by atoms with van der Waals surface area (Å²) >= 11 is 5.67. The first kappa shape index (κ1) is 24.2. The Kier molecular flexibility index (Phi) is 7.54. The van der Waals surface area contributed by atoms with E-state index in [4.69, 9.17) is 21.1 Å². The molecule has 0 spiro atoms. The zero-order valence-electron chi connectivity index (χ0n) is 18.0. The molecule has 3 aromatic rings. The monoisotopic (exact) mass is 500 g/mol. The number of benzene rings is 2. The van der Waals surface area contributed by atoms with Gasteiger partial charge in [0.25, 0.3) is 0 Å². The van der Waals surface area contributed by atoms with Gasteiger partial charge in [-0.15, -0.1) is 0 Å². The lowest BCUT2D eigenvalue weighted by atomic mass is 10.1. The maximum atomic E-state index is 14.4. The van der Waals surface area contributed by atoms with Gasteiger partial charge in [-0.25, -0.2) is 18.7 Å². The van der Waals surface area contributed by atoms with Crippen LogP contribution >= 0.6 is 11.6 Å². The fourth-order valence-electron chi connectivity index (χ4n) is 3.67. The molecule has 0 bridgehead atoms. The molecule has 1 aliphatic rings. The number of rotatable bonds is 8. The summed E-state index contributed by atoms with van der Waals surface area (Å²) in [7, 11) is 1.48. The van der Waals surface area contributed by atoms with Crippen molar-refractivity contribution < 1.29 is 31.8 Å². The molecule has 12 heteroatoms. The Bertz CT molecular complexity index is 1160. The van der Waals surface area contributed by atoms with Crippen LogP contribution in [0.2, 0.25) is 5.02 Å². The number of likely N-dealkylation sites (tertiary alicyclic amines) is 1. The smallest absolute Gasteiger partial charge is 0.345 e. The number of methoxy groups -OCH3 is 1. The summed E-state index contributed by atoms with van der Waals surface area (Å²) in [5, 5.41) is 2.69. The lowest BCUT2D eigenvalue weighted by Gasteiger charge is -2.31. The molecule has 2 heterocycles. The first-order valence-corrected chi connectivity index (χ1v) is 10.8. The third-order valence-electron chi connectivity index (χ3n) is 5.44. The van der Waals surface area contributed by atoms with Crippen molar-refractivity contribution >= 4 is 34.0 Å². The molecular formula is C22H21ClF4N4O3. The highest BCUT2D eigenvalue weighted by atomic mass is 35.5. The number of anilines is 2. The van der Waals surface area contributed by atoms with Gasteiger partial charge in [0, 0.05) is 24.5 Å². The minimum absolute atomic E-state index is 0.0569. The van der Waals surface area contributed by atoms with Crippen LogP contribution < -0.4 is 14.8 Å². The van der Waals surface area contributed by atoms with E-state index in [1.54, 1.807) is 12.1 Å². The van der Waals surface area contributed by atoms with Crippen molar-refractivity contribution in [2.24, 2.45) is 0 Å². The SMILES string of the molecule is COc1cc2ncnc(Nc3ccc(F)c(Cl)c3F)c2cc1OCN1CCC(OC(F)F)CC1. The van der Waals surface area contributed by atoms with Crippen molar-refractivity contribution in [3.05, 3.63) is 47.2 Å². The van der Waals surface area contributed by atoms with Crippen LogP contribution in [0.3, 0.4) is 0 Å². The highest BCUT2D eigenvalue weighted by Crippen LogP contribution is 2.36. The van der Waals surface area contributed by atoms with Crippen LogP contribution in [-0.2, 0) is 4.74 Å². The van der Waals surface area contributed by atoms with E-state index in [0.717, 1.165) is 6.07 Å². The molecule has 1 N–H and O–H groups in total. The normalized spacial score (nSPS) is 15.1. The van der Waals surface area contributed by atoms with Gasteiger partial charge in [0.1, 0.15) is 29.7 Å². The maximum absolute atomic E-state index is 14.4. The Balaban J connectivity index is 1.53. The Morgan fingerprint density at radius 3 is 2.62 bits per heavy atom. The van der Waals surface area contributed by atoms with E-state index in [-0.39, 0.29) is 18.2 Å². The Morgan fingerprint density at radius 1 is 1.15 bits per heavy atom. The zero-order valence-corrected chi connectivity index (χ0v) is 18.8. The summed E-state index contributed by atoms with van der Waals surface area (Å²) in [6.45, 7) is -1.51. The summed E-state index contributed by atoms with van der Waals surface area (Å²) < 4.78 is 68.6. The number of hydrogen-bond donors (Lipinski definition) is 1. The lowest BCUT2D eigenvalue weighted by molar-refractivity contribution is -0.173. The molecule has 0 aliphatic carbocycles. The molecule has 1 aromatic heterocycles. The summed E-state index contributed by atoms with van der Waals surface area (Å²) in [6, 6.07) is 5.55. The number of nitrogens with one attached hydrogen (secondary N) is 1. The third kappa shape index (κ3) is 5.43. The minimum atomic E-state index is -2.78. The summed E-state index contributed by atoms with van der Waals surface area (Å²) in [4.78, 5) is 10.3.